The molecule has 1 heteroatoms. The third-order valence-corrected chi connectivity index (χ3v) is 5.84. The molecule has 130 valence electrons. The maximum Gasteiger partial charge on any atom is 0.0445 e. The minimum atomic E-state index is -0.176. The van der Waals surface area contributed by atoms with Crippen LogP contribution in [0.1, 0.15) is 59.6 Å². The smallest absolute Gasteiger partial charge is 0.0445 e. The zero-order valence-corrected chi connectivity index (χ0v) is 16.5. The van der Waals surface area contributed by atoms with Crippen LogP contribution in [0.4, 0.5) is 0 Å². The predicted octanol–water partition coefficient (Wildman–Crippen LogP) is 7.01. The zero-order chi connectivity index (χ0) is 18.5. The van der Waals surface area contributed by atoms with Crippen molar-refractivity contribution in [2.24, 2.45) is 11.3 Å². The topological polar surface area (TPSA) is 23.9 Å². The molecule has 1 unspecified atom stereocenters. The van der Waals surface area contributed by atoms with E-state index in [9.17, 15) is 0 Å². The standard InChI is InChI=1S/C24H29N/c1-14-15(2)17(4)22(16(14)3)20-12-18-10-8-9-11-19(18)13-21(20)23(25)24(5,6)7/h8-13,16,25H,1-7H3. The van der Waals surface area contributed by atoms with Gasteiger partial charge in [0, 0.05) is 22.6 Å². The summed E-state index contributed by atoms with van der Waals surface area (Å²) in [5.74, 6) is 0.410. The number of hydrogen-bond acceptors (Lipinski definition) is 1. The highest BCUT2D eigenvalue weighted by Crippen LogP contribution is 2.44. The van der Waals surface area contributed by atoms with Crippen LogP contribution in [0.15, 0.2) is 53.1 Å². The number of nitrogens with one attached hydrogen (secondary N) is 1. The third-order valence-electron chi connectivity index (χ3n) is 5.84. The summed E-state index contributed by atoms with van der Waals surface area (Å²) in [5.41, 5.74) is 8.48. The fourth-order valence-corrected chi connectivity index (χ4v) is 3.87. The van der Waals surface area contributed by atoms with Crippen LogP contribution in [0, 0.1) is 16.7 Å². The first-order valence-corrected chi connectivity index (χ1v) is 9.14. The first-order chi connectivity index (χ1) is 11.6. The molecule has 1 nitrogen and oxygen atoms in total. The molecule has 1 atom stereocenters. The van der Waals surface area contributed by atoms with Crippen molar-refractivity contribution >= 4 is 22.1 Å². The van der Waals surface area contributed by atoms with E-state index in [1.807, 2.05) is 0 Å². The predicted molar refractivity (Wildman–Crippen MR) is 110 cm³/mol. The Morgan fingerprint density at radius 1 is 0.920 bits per heavy atom. The highest BCUT2D eigenvalue weighted by molar-refractivity contribution is 6.09. The van der Waals surface area contributed by atoms with Crippen LogP contribution in [-0.4, -0.2) is 5.71 Å². The van der Waals surface area contributed by atoms with Crippen LogP contribution in [0.3, 0.4) is 0 Å². The summed E-state index contributed by atoms with van der Waals surface area (Å²) in [4.78, 5) is 0. The zero-order valence-electron chi connectivity index (χ0n) is 16.5. The summed E-state index contributed by atoms with van der Waals surface area (Å²) in [6, 6.07) is 13.0. The van der Waals surface area contributed by atoms with E-state index in [0.29, 0.717) is 11.6 Å². The molecule has 0 spiro atoms. The van der Waals surface area contributed by atoms with E-state index in [1.54, 1.807) is 0 Å². The summed E-state index contributed by atoms with van der Waals surface area (Å²) in [5, 5.41) is 11.3. The Bertz CT molecular complexity index is 932. The monoisotopic (exact) mass is 331 g/mol. The van der Waals surface area contributed by atoms with Gasteiger partial charge in [0.1, 0.15) is 0 Å². The van der Waals surface area contributed by atoms with Crippen molar-refractivity contribution in [3.05, 3.63) is 64.2 Å². The Labute approximate surface area is 152 Å². The molecule has 2 aromatic carbocycles. The first-order valence-electron chi connectivity index (χ1n) is 9.14. The Morgan fingerprint density at radius 3 is 1.96 bits per heavy atom. The van der Waals surface area contributed by atoms with E-state index >= 15 is 0 Å². The van der Waals surface area contributed by atoms with Gasteiger partial charge in [0.15, 0.2) is 0 Å². The molecule has 0 fully saturated rings. The lowest BCUT2D eigenvalue weighted by Crippen LogP contribution is -2.22. The van der Waals surface area contributed by atoms with E-state index in [1.165, 1.54) is 38.6 Å². The average molecular weight is 332 g/mol. The average Bonchev–Trinajstić information content (AvgIpc) is 2.75. The van der Waals surface area contributed by atoms with Crippen molar-refractivity contribution in [2.45, 2.75) is 48.5 Å². The lowest BCUT2D eigenvalue weighted by molar-refractivity contribution is 0.588. The van der Waals surface area contributed by atoms with Gasteiger partial charge >= 0.3 is 0 Å². The van der Waals surface area contributed by atoms with Gasteiger partial charge in [0.05, 0.1) is 0 Å². The Morgan fingerprint density at radius 2 is 1.48 bits per heavy atom. The molecule has 1 aliphatic rings. The summed E-state index contributed by atoms with van der Waals surface area (Å²) < 4.78 is 0. The highest BCUT2D eigenvalue weighted by Gasteiger charge is 2.29. The molecule has 0 aromatic heterocycles. The molecule has 0 aliphatic heterocycles. The first kappa shape index (κ1) is 17.7. The fourth-order valence-electron chi connectivity index (χ4n) is 3.87. The molecular formula is C24H29N. The second-order valence-electron chi connectivity index (χ2n) is 8.44. The summed E-state index contributed by atoms with van der Waals surface area (Å²) in [6.45, 7) is 15.4. The van der Waals surface area contributed by atoms with Crippen LogP contribution in [0.5, 0.6) is 0 Å². The van der Waals surface area contributed by atoms with Crippen LogP contribution < -0.4 is 0 Å². The molecule has 25 heavy (non-hydrogen) atoms. The van der Waals surface area contributed by atoms with Gasteiger partial charge in [-0.3, -0.25) is 0 Å². The number of hydrogen-bond donors (Lipinski definition) is 1. The van der Waals surface area contributed by atoms with E-state index in [0.717, 1.165) is 5.56 Å². The number of fused-ring (bicyclic) bond motifs is 1. The molecule has 0 bridgehead atoms. The maximum atomic E-state index is 8.86. The normalized spacial score (nSPS) is 18.4. The Hall–Kier alpha value is -2.15. The van der Waals surface area contributed by atoms with Crippen LogP contribution >= 0.6 is 0 Å². The fraction of sp³-hybridized carbons (Fsp3) is 0.375. The second kappa shape index (κ2) is 5.98. The van der Waals surface area contributed by atoms with E-state index in [-0.39, 0.29) is 5.41 Å². The Kier molecular flexibility index (Phi) is 4.23. The summed E-state index contributed by atoms with van der Waals surface area (Å²) in [6.07, 6.45) is 0. The van der Waals surface area contributed by atoms with Gasteiger partial charge in [0.25, 0.3) is 0 Å². The quantitative estimate of drug-likeness (QED) is 0.572. The third kappa shape index (κ3) is 2.86. The Balaban J connectivity index is 2.33. The van der Waals surface area contributed by atoms with Crippen molar-refractivity contribution in [3.8, 4) is 0 Å². The van der Waals surface area contributed by atoms with Crippen LogP contribution in [0.2, 0.25) is 0 Å². The number of rotatable bonds is 2. The molecule has 0 saturated heterocycles. The van der Waals surface area contributed by atoms with Crippen molar-refractivity contribution in [1.29, 1.82) is 5.41 Å². The lowest BCUT2D eigenvalue weighted by atomic mass is 9.79. The van der Waals surface area contributed by atoms with Gasteiger partial charge in [-0.2, -0.15) is 0 Å². The molecule has 3 rings (SSSR count). The highest BCUT2D eigenvalue weighted by atomic mass is 14.5. The SMILES string of the molecule is CC1=C(C)C(C)C(c2cc3ccccc3cc2C(=N)C(C)(C)C)=C1C. The van der Waals surface area contributed by atoms with E-state index < -0.39 is 0 Å². The van der Waals surface area contributed by atoms with Crippen LogP contribution in [0.25, 0.3) is 16.3 Å². The molecule has 0 amide bonds. The van der Waals surface area contributed by atoms with Crippen molar-refractivity contribution in [2.75, 3.05) is 0 Å². The largest absolute Gasteiger partial charge is 0.304 e. The van der Waals surface area contributed by atoms with Gasteiger partial charge in [0.2, 0.25) is 0 Å². The van der Waals surface area contributed by atoms with Gasteiger partial charge < -0.3 is 5.41 Å². The minimum Gasteiger partial charge on any atom is -0.304 e. The molecule has 0 radical (unpaired) electrons. The van der Waals surface area contributed by atoms with Crippen molar-refractivity contribution < 1.29 is 0 Å². The lowest BCUT2D eigenvalue weighted by Gasteiger charge is -2.25. The van der Waals surface area contributed by atoms with Crippen LogP contribution in [-0.2, 0) is 0 Å². The molecule has 1 N–H and O–H groups in total. The second-order valence-corrected chi connectivity index (χ2v) is 8.44. The number of allylic oxidation sites excluding steroid dienone is 4. The van der Waals surface area contributed by atoms with Gasteiger partial charge in [-0.1, -0.05) is 57.5 Å². The summed E-state index contributed by atoms with van der Waals surface area (Å²) in [7, 11) is 0. The van der Waals surface area contributed by atoms with Gasteiger partial charge in [-0.15, -0.1) is 0 Å². The van der Waals surface area contributed by atoms with E-state index in [4.69, 9.17) is 5.41 Å². The van der Waals surface area contributed by atoms with Gasteiger partial charge in [-0.05, 0) is 66.0 Å². The van der Waals surface area contributed by atoms with Crippen molar-refractivity contribution in [1.82, 2.24) is 0 Å². The molecule has 0 heterocycles. The molecular weight excluding hydrogens is 302 g/mol. The van der Waals surface area contributed by atoms with Gasteiger partial charge in [-0.25, -0.2) is 0 Å². The maximum absolute atomic E-state index is 8.86. The molecule has 0 saturated carbocycles. The minimum absolute atomic E-state index is 0.176. The van der Waals surface area contributed by atoms with E-state index in [2.05, 4.69) is 84.9 Å². The number of benzene rings is 2. The van der Waals surface area contributed by atoms with Crippen molar-refractivity contribution in [3.63, 3.8) is 0 Å². The molecule has 1 aliphatic carbocycles. The molecule has 2 aromatic rings. The summed E-state index contributed by atoms with van der Waals surface area (Å²) >= 11 is 0.